The van der Waals surface area contributed by atoms with Crippen molar-refractivity contribution in [3.63, 3.8) is 0 Å². The minimum Gasteiger partial charge on any atom is -0.367 e. The number of carbonyl (C=O) groups excluding carboxylic acids is 1. The molecule has 0 aliphatic rings. The molecule has 0 aliphatic carbocycles. The highest BCUT2D eigenvalue weighted by molar-refractivity contribution is 6.03. The van der Waals surface area contributed by atoms with Gasteiger partial charge in [-0.15, -0.1) is 0 Å². The van der Waals surface area contributed by atoms with Crippen molar-refractivity contribution >= 4 is 5.78 Å². The van der Waals surface area contributed by atoms with E-state index in [0.717, 1.165) is 18.5 Å². The van der Waals surface area contributed by atoms with E-state index >= 15 is 0 Å². The summed E-state index contributed by atoms with van der Waals surface area (Å²) in [6.45, 7) is 5.41. The predicted molar refractivity (Wildman–Crippen MR) is 68.5 cm³/mol. The highest BCUT2D eigenvalue weighted by Gasteiger charge is 2.42. The molecule has 1 aromatic rings. The van der Waals surface area contributed by atoms with Gasteiger partial charge in [0.2, 0.25) is 0 Å². The first-order valence-corrected chi connectivity index (χ1v) is 6.52. The zero-order valence-electron chi connectivity index (χ0n) is 11.8. The zero-order chi connectivity index (χ0) is 15.4. The Hall–Kier alpha value is -1.43. The minimum absolute atomic E-state index is 0.259. The Labute approximate surface area is 116 Å². The number of halogens is 3. The van der Waals surface area contributed by atoms with Gasteiger partial charge in [0.1, 0.15) is 5.60 Å². The van der Waals surface area contributed by atoms with Crippen LogP contribution in [0.5, 0.6) is 0 Å². The van der Waals surface area contributed by atoms with E-state index < -0.39 is 28.7 Å². The van der Waals surface area contributed by atoms with Crippen LogP contribution in [-0.4, -0.2) is 23.0 Å². The van der Waals surface area contributed by atoms with Gasteiger partial charge in [-0.05, 0) is 25.8 Å². The van der Waals surface area contributed by atoms with Crippen molar-refractivity contribution in [2.75, 3.05) is 6.61 Å². The van der Waals surface area contributed by atoms with E-state index in [1.807, 2.05) is 0 Å². The molecular formula is C14H18F3NO2. The fraction of sp³-hybridized carbons (Fsp3) is 0.571. The van der Waals surface area contributed by atoms with E-state index in [-0.39, 0.29) is 6.61 Å². The monoisotopic (exact) mass is 289 g/mol. The second kappa shape index (κ2) is 6.35. The van der Waals surface area contributed by atoms with Crippen molar-refractivity contribution in [1.29, 1.82) is 0 Å². The molecule has 0 spiro atoms. The number of carbonyl (C=O) groups is 1. The molecular weight excluding hydrogens is 271 g/mol. The lowest BCUT2D eigenvalue weighted by Gasteiger charge is -2.30. The molecule has 0 N–H and O–H groups in total. The summed E-state index contributed by atoms with van der Waals surface area (Å²) >= 11 is 0. The van der Waals surface area contributed by atoms with Crippen LogP contribution in [0.1, 0.15) is 49.5 Å². The fourth-order valence-corrected chi connectivity index (χ4v) is 2.19. The second-order valence-electron chi connectivity index (χ2n) is 4.38. The molecule has 0 saturated carbocycles. The van der Waals surface area contributed by atoms with Gasteiger partial charge < -0.3 is 4.74 Å². The van der Waals surface area contributed by atoms with Crippen LogP contribution in [-0.2, 0) is 10.9 Å². The molecule has 1 rings (SSSR count). The highest BCUT2D eigenvalue weighted by Crippen LogP contribution is 2.35. The maximum atomic E-state index is 13.0. The van der Waals surface area contributed by atoms with E-state index in [4.69, 9.17) is 4.74 Å². The summed E-state index contributed by atoms with van der Waals surface area (Å²) in [5, 5.41) is 0. The van der Waals surface area contributed by atoms with Gasteiger partial charge in [0.15, 0.2) is 5.78 Å². The summed E-state index contributed by atoms with van der Waals surface area (Å²) in [7, 11) is 0. The van der Waals surface area contributed by atoms with Crippen molar-refractivity contribution in [3.05, 3.63) is 29.6 Å². The molecule has 6 heteroatoms. The molecule has 3 nitrogen and oxygen atoms in total. The number of nitrogens with zero attached hydrogens (tertiary/aromatic N) is 1. The first-order chi connectivity index (χ1) is 9.32. The van der Waals surface area contributed by atoms with Crippen molar-refractivity contribution < 1.29 is 22.7 Å². The third kappa shape index (κ3) is 3.17. The predicted octanol–water partition coefficient (Wildman–Crippen LogP) is 3.88. The molecule has 0 aromatic carbocycles. The molecule has 112 valence electrons. The van der Waals surface area contributed by atoms with Crippen LogP contribution in [0.25, 0.3) is 0 Å². The van der Waals surface area contributed by atoms with Gasteiger partial charge in [-0.25, -0.2) is 0 Å². The van der Waals surface area contributed by atoms with Crippen LogP contribution in [0.2, 0.25) is 0 Å². The van der Waals surface area contributed by atoms with Crippen LogP contribution in [0.4, 0.5) is 13.2 Å². The fourth-order valence-electron chi connectivity index (χ4n) is 2.19. The van der Waals surface area contributed by atoms with Gasteiger partial charge in [-0.3, -0.25) is 9.78 Å². The van der Waals surface area contributed by atoms with E-state index in [1.165, 1.54) is 0 Å². The molecule has 1 aromatic heterocycles. The quantitative estimate of drug-likeness (QED) is 0.746. The molecule has 0 atom stereocenters. The molecule has 1 heterocycles. The maximum Gasteiger partial charge on any atom is 0.417 e. The average molecular weight is 289 g/mol. The van der Waals surface area contributed by atoms with E-state index in [0.29, 0.717) is 12.8 Å². The summed E-state index contributed by atoms with van der Waals surface area (Å²) in [5.74, 6) is -0.662. The average Bonchev–Trinajstić information content (AvgIpc) is 2.43. The summed E-state index contributed by atoms with van der Waals surface area (Å²) in [4.78, 5) is 16.2. The number of hydrogen-bond acceptors (Lipinski definition) is 3. The Bertz CT molecular complexity index is 468. The van der Waals surface area contributed by atoms with E-state index in [2.05, 4.69) is 4.98 Å². The number of pyridine rings is 1. The lowest BCUT2D eigenvalue weighted by atomic mass is 9.86. The van der Waals surface area contributed by atoms with Gasteiger partial charge in [-0.2, -0.15) is 13.2 Å². The SMILES string of the molecule is CCOC(CC)(CC)C(=O)c1cnccc1C(F)(F)F. The van der Waals surface area contributed by atoms with Crippen molar-refractivity contribution in [1.82, 2.24) is 4.98 Å². The Morgan fingerprint density at radius 2 is 1.85 bits per heavy atom. The Balaban J connectivity index is 3.33. The van der Waals surface area contributed by atoms with Crippen LogP contribution in [0.3, 0.4) is 0 Å². The normalized spacial score (nSPS) is 12.5. The van der Waals surface area contributed by atoms with Gasteiger partial charge in [0.25, 0.3) is 0 Å². The number of hydrogen-bond donors (Lipinski definition) is 0. The molecule has 20 heavy (non-hydrogen) atoms. The lowest BCUT2D eigenvalue weighted by molar-refractivity contribution is -0.138. The second-order valence-corrected chi connectivity index (χ2v) is 4.38. The first-order valence-electron chi connectivity index (χ1n) is 6.52. The molecule has 0 aliphatic heterocycles. The molecule has 0 radical (unpaired) electrons. The van der Waals surface area contributed by atoms with Crippen LogP contribution >= 0.6 is 0 Å². The van der Waals surface area contributed by atoms with Gasteiger partial charge >= 0.3 is 6.18 Å². The highest BCUT2D eigenvalue weighted by atomic mass is 19.4. The van der Waals surface area contributed by atoms with E-state index in [1.54, 1.807) is 20.8 Å². The Kier molecular flexibility index (Phi) is 5.28. The Morgan fingerprint density at radius 3 is 2.30 bits per heavy atom. The van der Waals surface area contributed by atoms with Gasteiger partial charge in [0, 0.05) is 19.0 Å². The van der Waals surface area contributed by atoms with Gasteiger partial charge in [0.05, 0.1) is 11.1 Å². The van der Waals surface area contributed by atoms with Crippen molar-refractivity contribution in [3.8, 4) is 0 Å². The van der Waals surface area contributed by atoms with Gasteiger partial charge in [-0.1, -0.05) is 13.8 Å². The van der Waals surface area contributed by atoms with Crippen LogP contribution < -0.4 is 0 Å². The van der Waals surface area contributed by atoms with Crippen molar-refractivity contribution in [2.45, 2.75) is 45.4 Å². The largest absolute Gasteiger partial charge is 0.417 e. The number of ketones is 1. The summed E-state index contributed by atoms with van der Waals surface area (Å²) in [5.41, 5.74) is -2.63. The maximum absolute atomic E-state index is 13.0. The molecule has 0 bridgehead atoms. The molecule has 0 fully saturated rings. The minimum atomic E-state index is -4.59. The van der Waals surface area contributed by atoms with E-state index in [9.17, 15) is 18.0 Å². The third-order valence-corrected chi connectivity index (χ3v) is 3.35. The number of alkyl halides is 3. The van der Waals surface area contributed by atoms with Crippen LogP contribution in [0.15, 0.2) is 18.5 Å². The topological polar surface area (TPSA) is 39.2 Å². The number of Topliss-reactive ketones (excluding diaryl/α,β-unsaturated/α-hetero) is 1. The number of aromatic nitrogens is 1. The Morgan fingerprint density at radius 1 is 1.25 bits per heavy atom. The number of rotatable bonds is 6. The smallest absolute Gasteiger partial charge is 0.367 e. The summed E-state index contributed by atoms with van der Waals surface area (Å²) in [6, 6.07) is 0.815. The zero-order valence-corrected chi connectivity index (χ0v) is 11.8. The molecule has 0 amide bonds. The summed E-state index contributed by atoms with van der Waals surface area (Å²) in [6.07, 6.45) is -1.98. The molecule has 0 saturated heterocycles. The first kappa shape index (κ1) is 16.6. The third-order valence-electron chi connectivity index (χ3n) is 3.35. The standard InChI is InChI=1S/C14H18F3NO2/c1-4-13(5-2,20-6-3)12(19)10-9-18-8-7-11(10)14(15,16)17/h7-9H,4-6H2,1-3H3. The van der Waals surface area contributed by atoms with Crippen LogP contribution in [0, 0.1) is 0 Å². The number of ether oxygens (including phenoxy) is 1. The lowest BCUT2D eigenvalue weighted by Crippen LogP contribution is -2.41. The van der Waals surface area contributed by atoms with Crippen molar-refractivity contribution in [2.24, 2.45) is 0 Å². The summed E-state index contributed by atoms with van der Waals surface area (Å²) < 4.78 is 44.4. The molecule has 0 unspecified atom stereocenters.